The molecule has 0 rings (SSSR count). The molecule has 0 aliphatic heterocycles. The highest BCUT2D eigenvalue weighted by molar-refractivity contribution is 6.95. The average molecular weight is 921 g/mol. The van der Waals surface area contributed by atoms with Crippen LogP contribution in [0.25, 0.3) is 0 Å². The Balaban J connectivity index is 6.63. The number of rotatable bonds is 21. The van der Waals surface area contributed by atoms with Crippen LogP contribution in [-0.4, -0.2) is 128 Å². The van der Waals surface area contributed by atoms with Crippen molar-refractivity contribution in [2.75, 3.05) is 0 Å². The molecule has 0 aromatic rings. The number of alkyl halides is 26. The van der Waals surface area contributed by atoms with Gasteiger partial charge in [0, 0.05) is 0 Å². The molecular formula is C21H23ClF26O2Si3. The van der Waals surface area contributed by atoms with Crippen molar-refractivity contribution >= 4 is 36.5 Å². The molecule has 0 N–H and O–H groups in total. The molecule has 0 radical (unpaired) electrons. The number of hydrogen-bond acceptors (Lipinski definition) is 2. The highest BCUT2D eigenvalue weighted by atomic mass is 35.6. The third-order valence-corrected chi connectivity index (χ3v) is 14.0. The zero-order valence-electron chi connectivity index (χ0n) is 25.9. The fraction of sp³-hybridized carbons (Fsp3) is 1.00. The molecular weight excluding hydrogens is 898 g/mol. The lowest BCUT2D eigenvalue weighted by Crippen LogP contribution is -2.71. The van der Waals surface area contributed by atoms with Crippen LogP contribution in [0.4, 0.5) is 114 Å². The summed E-state index contributed by atoms with van der Waals surface area (Å²) in [7, 11) is -14.9. The van der Waals surface area contributed by atoms with E-state index in [-0.39, 0.29) is 26.2 Å². The Morgan fingerprint density at radius 3 is 0.811 bits per heavy atom. The van der Waals surface area contributed by atoms with Crippen molar-refractivity contribution < 1.29 is 123 Å². The van der Waals surface area contributed by atoms with Crippen LogP contribution in [0.3, 0.4) is 0 Å². The third kappa shape index (κ3) is 8.96. The molecule has 53 heavy (non-hydrogen) atoms. The first-order valence-electron chi connectivity index (χ1n) is 13.3. The second-order valence-corrected chi connectivity index (χ2v) is 21.7. The van der Waals surface area contributed by atoms with Crippen molar-refractivity contribution in [3.05, 3.63) is 0 Å². The van der Waals surface area contributed by atoms with Gasteiger partial charge in [-0.2, -0.15) is 81.3 Å². The minimum Gasteiger partial charge on any atom is -0.393 e. The van der Waals surface area contributed by atoms with Crippen LogP contribution in [0.2, 0.25) is 26.2 Å². The second-order valence-electron chi connectivity index (χ2n) is 11.9. The minimum absolute atomic E-state index is 0.0839. The molecule has 0 spiro atoms. The van der Waals surface area contributed by atoms with Gasteiger partial charge in [0.05, 0.1) is 0 Å². The van der Waals surface area contributed by atoms with Crippen molar-refractivity contribution in [3.8, 4) is 0 Å². The van der Waals surface area contributed by atoms with E-state index >= 15 is 0 Å². The summed E-state index contributed by atoms with van der Waals surface area (Å²) in [6.07, 6.45) is -31.2. The molecule has 0 saturated carbocycles. The monoisotopic (exact) mass is 920 g/mol. The van der Waals surface area contributed by atoms with Crippen molar-refractivity contribution in [1.82, 2.24) is 0 Å². The Bertz CT molecular complexity index is 1120. The predicted octanol–water partition coefficient (Wildman–Crippen LogP) is 9.76. The van der Waals surface area contributed by atoms with Crippen molar-refractivity contribution in [2.24, 2.45) is 0 Å². The second kappa shape index (κ2) is 16.1. The van der Waals surface area contributed by atoms with Crippen LogP contribution in [-0.2, 0) is 8.85 Å². The molecule has 6 unspecified atom stereocenters. The maximum Gasteiger partial charge on any atom is 0.381 e. The van der Waals surface area contributed by atoms with E-state index in [2.05, 4.69) is 8.85 Å². The Morgan fingerprint density at radius 2 is 0.623 bits per heavy atom. The van der Waals surface area contributed by atoms with Crippen molar-refractivity contribution in [1.29, 1.82) is 0 Å². The van der Waals surface area contributed by atoms with E-state index in [9.17, 15) is 114 Å². The van der Waals surface area contributed by atoms with E-state index in [4.69, 9.17) is 11.1 Å². The summed E-state index contributed by atoms with van der Waals surface area (Å²) in [4.78, 5) is 0. The van der Waals surface area contributed by atoms with E-state index < -0.39 is 128 Å². The quantitative estimate of drug-likeness (QED) is 0.0495. The lowest BCUT2D eigenvalue weighted by Gasteiger charge is -2.43. The van der Waals surface area contributed by atoms with E-state index in [1.807, 2.05) is 0 Å². The first-order chi connectivity index (χ1) is 23.0. The van der Waals surface area contributed by atoms with Gasteiger partial charge < -0.3 is 8.85 Å². The summed E-state index contributed by atoms with van der Waals surface area (Å²) in [6.45, 7) is -0.336. The van der Waals surface area contributed by atoms with Gasteiger partial charge >= 0.3 is 47.4 Å². The van der Waals surface area contributed by atoms with Gasteiger partial charge in [0.1, 0.15) is 5.91 Å². The largest absolute Gasteiger partial charge is 0.393 e. The first-order valence-corrected chi connectivity index (χ1v) is 22.3. The van der Waals surface area contributed by atoms with Crippen LogP contribution < -0.4 is 0 Å². The van der Waals surface area contributed by atoms with E-state index in [0.29, 0.717) is 0 Å². The van der Waals surface area contributed by atoms with Crippen LogP contribution >= 0.6 is 11.1 Å². The standard InChI is InChI=1S/C21H23ClF26O2Si3/c1-52(2,11(31)16(37,38)20(45,46)18(41,42)14(33,34)7(25)5(23)9(27)28)49-13(51-22)50-53(3,4)12(32)17(39,40)21(47,48)19(43,44)15(35,36)8(26)6(24)10(29)30/h5-13H,51H2,1-4H3. The van der Waals surface area contributed by atoms with Gasteiger partial charge in [0.15, 0.2) is 32.8 Å². The van der Waals surface area contributed by atoms with Crippen molar-refractivity contribution in [3.63, 3.8) is 0 Å². The fourth-order valence-electron chi connectivity index (χ4n) is 3.91. The average Bonchev–Trinajstić information content (AvgIpc) is 3.00. The minimum atomic E-state index is -7.94. The van der Waals surface area contributed by atoms with Gasteiger partial charge in [-0.05, 0) is 26.2 Å². The summed E-state index contributed by atoms with van der Waals surface area (Å²) >= 11 is 5.34. The van der Waals surface area contributed by atoms with Gasteiger partial charge in [-0.15, -0.1) is 0 Å². The number of halogens is 27. The third-order valence-electron chi connectivity index (χ3n) is 7.05. The van der Waals surface area contributed by atoms with E-state index in [1.54, 1.807) is 0 Å². The molecule has 0 aliphatic rings. The van der Waals surface area contributed by atoms with E-state index in [0.717, 1.165) is 0 Å². The van der Waals surface area contributed by atoms with E-state index in [1.165, 1.54) is 0 Å². The Morgan fingerprint density at radius 1 is 0.415 bits per heavy atom. The molecule has 0 heterocycles. The van der Waals surface area contributed by atoms with Crippen LogP contribution in [0.1, 0.15) is 0 Å². The molecule has 0 fully saturated rings. The van der Waals surface area contributed by atoms with Gasteiger partial charge in [0.2, 0.25) is 29.0 Å². The smallest absolute Gasteiger partial charge is 0.381 e. The first kappa shape index (κ1) is 52.0. The van der Waals surface area contributed by atoms with Gasteiger partial charge in [-0.1, -0.05) is 0 Å². The molecule has 32 heteroatoms. The molecule has 0 bridgehead atoms. The topological polar surface area (TPSA) is 18.5 Å². The summed E-state index contributed by atoms with van der Waals surface area (Å²) in [6, 6.07) is 0. The molecule has 0 aromatic heterocycles. The maximum absolute atomic E-state index is 14.9. The Kier molecular flexibility index (Phi) is 15.8. The SMILES string of the molecule is C[Si](C)(OC(O[Si](C)(C)C(F)C(F)(F)C(F)(F)C(F)(F)C(F)(F)C(F)C(F)C(F)F)[SiH2]Cl)C(F)C(F)(F)C(F)(F)C(F)(F)C(F)(F)C(F)C(F)C(F)F. The molecule has 0 saturated heterocycles. The summed E-state index contributed by atoms with van der Waals surface area (Å²) in [5.74, 6) is -74.1. The summed E-state index contributed by atoms with van der Waals surface area (Å²) in [5, 5.41) is 0. The molecule has 6 atom stereocenters. The van der Waals surface area contributed by atoms with Crippen molar-refractivity contribution in [2.45, 2.75) is 129 Å². The maximum atomic E-state index is 14.9. The number of hydrogen-bond donors (Lipinski definition) is 0. The highest BCUT2D eigenvalue weighted by Crippen LogP contribution is 2.59. The van der Waals surface area contributed by atoms with Gasteiger partial charge in [-0.25, -0.2) is 43.9 Å². The molecule has 0 aliphatic carbocycles. The van der Waals surface area contributed by atoms with Crippen LogP contribution in [0, 0.1) is 0 Å². The molecule has 0 aromatic carbocycles. The summed E-state index contributed by atoms with van der Waals surface area (Å²) < 4.78 is 367. The van der Waals surface area contributed by atoms with Crippen LogP contribution in [0.5, 0.6) is 0 Å². The Hall–Kier alpha value is -0.959. The lowest BCUT2D eigenvalue weighted by atomic mass is 9.94. The highest BCUT2D eigenvalue weighted by Gasteiger charge is 2.87. The Labute approximate surface area is 288 Å². The van der Waals surface area contributed by atoms with Gasteiger partial charge in [0.25, 0.3) is 12.9 Å². The van der Waals surface area contributed by atoms with Gasteiger partial charge in [-0.3, -0.25) is 0 Å². The molecule has 0 amide bonds. The zero-order chi connectivity index (χ0) is 43.3. The van der Waals surface area contributed by atoms with Crippen LogP contribution in [0.15, 0.2) is 0 Å². The fourth-order valence-corrected chi connectivity index (χ4v) is 12.0. The summed E-state index contributed by atoms with van der Waals surface area (Å²) in [5.41, 5.74) is 0. The normalized spacial score (nSPS) is 19.9. The predicted molar refractivity (Wildman–Crippen MR) is 136 cm³/mol. The molecule has 2 nitrogen and oxygen atoms in total. The lowest BCUT2D eigenvalue weighted by molar-refractivity contribution is -0.384. The zero-order valence-corrected chi connectivity index (χ0v) is 30.1. The molecule has 320 valence electrons.